The van der Waals surface area contributed by atoms with E-state index in [2.05, 4.69) is 23.9 Å². The van der Waals surface area contributed by atoms with Crippen LogP contribution in [0.2, 0.25) is 0 Å². The predicted molar refractivity (Wildman–Crippen MR) is 72.8 cm³/mol. The molecule has 3 nitrogen and oxygen atoms in total. The van der Waals surface area contributed by atoms with E-state index < -0.39 is 0 Å². The van der Waals surface area contributed by atoms with Gasteiger partial charge in [0.25, 0.3) is 0 Å². The zero-order chi connectivity index (χ0) is 13.4. The summed E-state index contributed by atoms with van der Waals surface area (Å²) in [7, 11) is 0. The van der Waals surface area contributed by atoms with Crippen molar-refractivity contribution in [2.75, 3.05) is 18.0 Å². The van der Waals surface area contributed by atoms with Crippen molar-refractivity contribution in [1.29, 1.82) is 0 Å². The highest BCUT2D eigenvalue weighted by atomic mass is 19.1. The topological polar surface area (TPSA) is 29.3 Å². The van der Waals surface area contributed by atoms with E-state index in [4.69, 9.17) is 4.52 Å². The Morgan fingerprint density at radius 3 is 2.42 bits per heavy atom. The van der Waals surface area contributed by atoms with Gasteiger partial charge < -0.3 is 9.42 Å². The minimum absolute atomic E-state index is 0.235. The number of nitrogens with zero attached hydrogens (tertiary/aromatic N) is 2. The van der Waals surface area contributed by atoms with Crippen LogP contribution in [-0.4, -0.2) is 18.2 Å². The van der Waals surface area contributed by atoms with Crippen molar-refractivity contribution in [3.05, 3.63) is 35.6 Å². The molecule has 19 heavy (non-hydrogen) atoms. The van der Waals surface area contributed by atoms with Crippen LogP contribution in [0.15, 0.2) is 28.8 Å². The lowest BCUT2D eigenvalue weighted by molar-refractivity contribution is 0.400. The van der Waals surface area contributed by atoms with Gasteiger partial charge in [-0.3, -0.25) is 0 Å². The molecule has 2 aromatic rings. The maximum Gasteiger partial charge on any atom is 0.231 e. The molecule has 1 fully saturated rings. The largest absolute Gasteiger partial charge is 0.340 e. The molecule has 0 amide bonds. The number of halogens is 1. The highest BCUT2D eigenvalue weighted by Crippen LogP contribution is 2.38. The van der Waals surface area contributed by atoms with Gasteiger partial charge in [0.05, 0.1) is 0 Å². The highest BCUT2D eigenvalue weighted by molar-refractivity contribution is 5.69. The monoisotopic (exact) mass is 260 g/mol. The summed E-state index contributed by atoms with van der Waals surface area (Å²) in [6, 6.07) is 6.41. The van der Waals surface area contributed by atoms with Crippen molar-refractivity contribution in [3.63, 3.8) is 0 Å². The van der Waals surface area contributed by atoms with Crippen LogP contribution in [0.3, 0.4) is 0 Å². The molecule has 2 heterocycles. The Labute approximate surface area is 112 Å². The fourth-order valence-corrected chi connectivity index (χ4v) is 2.37. The van der Waals surface area contributed by atoms with E-state index in [-0.39, 0.29) is 5.82 Å². The summed E-state index contributed by atoms with van der Waals surface area (Å²) in [5.41, 5.74) is 2.85. The second-order valence-corrected chi connectivity index (χ2v) is 5.25. The number of hydrogen-bond acceptors (Lipinski definition) is 3. The summed E-state index contributed by atoms with van der Waals surface area (Å²) in [4.78, 5) is 2.20. The van der Waals surface area contributed by atoms with Crippen LogP contribution in [-0.2, 0) is 0 Å². The van der Waals surface area contributed by atoms with Gasteiger partial charge in [0.1, 0.15) is 11.5 Å². The van der Waals surface area contributed by atoms with Gasteiger partial charge >= 0.3 is 0 Å². The molecule has 0 atom stereocenters. The van der Waals surface area contributed by atoms with E-state index in [9.17, 15) is 4.39 Å². The normalized spacial score (nSPS) is 14.8. The molecule has 1 aromatic carbocycles. The molecule has 0 spiro atoms. The summed E-state index contributed by atoms with van der Waals surface area (Å²) in [6.07, 6.45) is 1.20. The molecular formula is C15H17FN2O. The minimum atomic E-state index is -0.235. The van der Waals surface area contributed by atoms with Crippen molar-refractivity contribution in [1.82, 2.24) is 5.16 Å². The molecule has 100 valence electrons. The number of benzene rings is 1. The Hall–Kier alpha value is -1.84. The van der Waals surface area contributed by atoms with Gasteiger partial charge in [-0.05, 0) is 36.6 Å². The summed E-state index contributed by atoms with van der Waals surface area (Å²) >= 11 is 0. The van der Waals surface area contributed by atoms with E-state index in [1.807, 2.05) is 0 Å². The van der Waals surface area contributed by atoms with E-state index in [1.165, 1.54) is 18.6 Å². The first-order valence-electron chi connectivity index (χ1n) is 6.67. The molecule has 0 bridgehead atoms. The molecule has 1 aliphatic heterocycles. The Morgan fingerprint density at radius 1 is 1.21 bits per heavy atom. The summed E-state index contributed by atoms with van der Waals surface area (Å²) in [5, 5.41) is 4.20. The Morgan fingerprint density at radius 2 is 1.89 bits per heavy atom. The first kappa shape index (κ1) is 12.2. The van der Waals surface area contributed by atoms with Crippen LogP contribution in [0, 0.1) is 5.82 Å². The van der Waals surface area contributed by atoms with E-state index in [0.29, 0.717) is 5.92 Å². The van der Waals surface area contributed by atoms with Crippen LogP contribution in [0.5, 0.6) is 0 Å². The summed E-state index contributed by atoms with van der Waals surface area (Å²) in [6.45, 7) is 6.31. The first-order chi connectivity index (χ1) is 9.16. The van der Waals surface area contributed by atoms with Crippen molar-refractivity contribution in [3.8, 4) is 11.3 Å². The molecular weight excluding hydrogens is 243 g/mol. The quantitative estimate of drug-likeness (QED) is 0.840. The second kappa shape index (κ2) is 4.68. The first-order valence-corrected chi connectivity index (χ1v) is 6.67. The van der Waals surface area contributed by atoms with Gasteiger partial charge in [-0.15, -0.1) is 0 Å². The predicted octanol–water partition coefficient (Wildman–Crippen LogP) is 3.81. The highest BCUT2D eigenvalue weighted by Gasteiger charge is 2.27. The van der Waals surface area contributed by atoms with E-state index in [0.717, 1.165) is 35.8 Å². The molecule has 0 radical (unpaired) electrons. The SMILES string of the molecule is CC(C)c1c(-c2ccc(F)cc2)noc1N1CCC1. The molecule has 1 aromatic heterocycles. The average molecular weight is 260 g/mol. The molecule has 3 rings (SSSR count). The summed E-state index contributed by atoms with van der Waals surface area (Å²) < 4.78 is 18.5. The van der Waals surface area contributed by atoms with Gasteiger partial charge in [0, 0.05) is 24.2 Å². The van der Waals surface area contributed by atoms with Crippen molar-refractivity contribution in [2.45, 2.75) is 26.2 Å². The van der Waals surface area contributed by atoms with Crippen molar-refractivity contribution in [2.24, 2.45) is 0 Å². The smallest absolute Gasteiger partial charge is 0.231 e. The molecule has 0 unspecified atom stereocenters. The lowest BCUT2D eigenvalue weighted by Crippen LogP contribution is -2.37. The minimum Gasteiger partial charge on any atom is -0.340 e. The van der Waals surface area contributed by atoms with Gasteiger partial charge in [-0.1, -0.05) is 19.0 Å². The third-order valence-corrected chi connectivity index (χ3v) is 3.55. The van der Waals surface area contributed by atoms with Gasteiger partial charge in [0.15, 0.2) is 0 Å². The number of rotatable bonds is 3. The number of anilines is 1. The summed E-state index contributed by atoms with van der Waals surface area (Å²) in [5.74, 6) is 0.962. The Balaban J connectivity index is 2.05. The number of aromatic nitrogens is 1. The van der Waals surface area contributed by atoms with Crippen molar-refractivity contribution >= 4 is 5.88 Å². The maximum atomic E-state index is 13.0. The number of hydrogen-bond donors (Lipinski definition) is 0. The van der Waals surface area contributed by atoms with E-state index in [1.54, 1.807) is 12.1 Å². The molecule has 0 saturated carbocycles. The molecule has 1 aliphatic rings. The van der Waals surface area contributed by atoms with Gasteiger partial charge in [-0.25, -0.2) is 4.39 Å². The second-order valence-electron chi connectivity index (χ2n) is 5.25. The molecule has 0 aliphatic carbocycles. The third kappa shape index (κ3) is 2.11. The Bertz CT molecular complexity index is 570. The van der Waals surface area contributed by atoms with Gasteiger partial charge in [-0.2, -0.15) is 0 Å². The van der Waals surface area contributed by atoms with E-state index >= 15 is 0 Å². The zero-order valence-electron chi connectivity index (χ0n) is 11.2. The maximum absolute atomic E-state index is 13.0. The third-order valence-electron chi connectivity index (χ3n) is 3.55. The lowest BCUT2D eigenvalue weighted by atomic mass is 9.97. The van der Waals surface area contributed by atoms with Crippen molar-refractivity contribution < 1.29 is 8.91 Å². The average Bonchev–Trinajstić information content (AvgIpc) is 2.72. The van der Waals surface area contributed by atoms with Crippen LogP contribution >= 0.6 is 0 Å². The molecule has 1 saturated heterocycles. The Kier molecular flexibility index (Phi) is 3.01. The standard InChI is InChI=1S/C15H17FN2O/c1-10(2)13-14(11-4-6-12(16)7-5-11)17-19-15(13)18-8-3-9-18/h4-7,10H,3,8-9H2,1-2H3. The van der Waals surface area contributed by atoms with Crippen LogP contribution < -0.4 is 4.90 Å². The fourth-order valence-electron chi connectivity index (χ4n) is 2.37. The van der Waals surface area contributed by atoms with Crippen LogP contribution in [0.25, 0.3) is 11.3 Å². The molecule has 4 heteroatoms. The lowest BCUT2D eigenvalue weighted by Gasteiger charge is -2.31. The van der Waals surface area contributed by atoms with Crippen LogP contribution in [0.1, 0.15) is 31.7 Å². The van der Waals surface area contributed by atoms with Crippen LogP contribution in [0.4, 0.5) is 10.3 Å². The zero-order valence-corrected chi connectivity index (χ0v) is 11.2. The fraction of sp³-hybridized carbons (Fsp3) is 0.400. The van der Waals surface area contributed by atoms with Gasteiger partial charge in [0.2, 0.25) is 5.88 Å². The molecule has 0 N–H and O–H groups in total.